The van der Waals surface area contributed by atoms with Gasteiger partial charge in [0.2, 0.25) is 0 Å². The first-order valence-electron chi connectivity index (χ1n) is 3.42. The zero-order valence-electron chi connectivity index (χ0n) is 6.21. The van der Waals surface area contributed by atoms with Gasteiger partial charge in [0, 0.05) is 6.42 Å². The van der Waals surface area contributed by atoms with Gasteiger partial charge in [-0.15, -0.1) is 0 Å². The van der Waals surface area contributed by atoms with E-state index in [1.54, 1.807) is 6.08 Å². The SMILES string of the molecule is C=CC1=CCC(N)(C(=O)O)C1. The summed E-state index contributed by atoms with van der Waals surface area (Å²) in [6, 6.07) is 0. The van der Waals surface area contributed by atoms with Crippen molar-refractivity contribution in [2.24, 2.45) is 5.73 Å². The molecule has 60 valence electrons. The number of carbonyl (C=O) groups is 1. The second kappa shape index (κ2) is 2.51. The summed E-state index contributed by atoms with van der Waals surface area (Å²) < 4.78 is 0. The van der Waals surface area contributed by atoms with Crippen LogP contribution in [0.5, 0.6) is 0 Å². The number of aliphatic carboxylic acids is 1. The zero-order chi connectivity index (χ0) is 8.48. The second-order valence-electron chi connectivity index (χ2n) is 2.83. The van der Waals surface area contributed by atoms with E-state index in [0.717, 1.165) is 5.57 Å². The van der Waals surface area contributed by atoms with Crippen LogP contribution in [0.1, 0.15) is 12.8 Å². The Bertz CT molecular complexity index is 232. The van der Waals surface area contributed by atoms with Crippen molar-refractivity contribution in [1.29, 1.82) is 0 Å². The lowest BCUT2D eigenvalue weighted by atomic mass is 9.97. The maximum absolute atomic E-state index is 10.6. The third kappa shape index (κ3) is 1.33. The molecule has 0 spiro atoms. The van der Waals surface area contributed by atoms with Crippen molar-refractivity contribution in [2.75, 3.05) is 0 Å². The molecule has 1 atom stereocenters. The third-order valence-electron chi connectivity index (χ3n) is 1.94. The highest BCUT2D eigenvalue weighted by Gasteiger charge is 2.36. The maximum atomic E-state index is 10.6. The molecule has 0 aromatic rings. The topological polar surface area (TPSA) is 63.3 Å². The number of rotatable bonds is 2. The lowest BCUT2D eigenvalue weighted by molar-refractivity contribution is -0.142. The molecule has 0 saturated heterocycles. The van der Waals surface area contributed by atoms with Crippen molar-refractivity contribution < 1.29 is 9.90 Å². The maximum Gasteiger partial charge on any atom is 0.324 e. The zero-order valence-corrected chi connectivity index (χ0v) is 6.21. The summed E-state index contributed by atoms with van der Waals surface area (Å²) in [6.07, 6.45) is 4.27. The number of nitrogens with two attached hydrogens (primary N) is 1. The van der Waals surface area contributed by atoms with Crippen LogP contribution in [0.3, 0.4) is 0 Å². The monoisotopic (exact) mass is 153 g/mol. The molecule has 1 rings (SSSR count). The summed E-state index contributed by atoms with van der Waals surface area (Å²) in [4.78, 5) is 10.6. The molecule has 3 N–H and O–H groups in total. The summed E-state index contributed by atoms with van der Waals surface area (Å²) in [5, 5.41) is 8.69. The van der Waals surface area contributed by atoms with Gasteiger partial charge in [0.05, 0.1) is 0 Å². The van der Waals surface area contributed by atoms with Crippen LogP contribution in [-0.2, 0) is 4.79 Å². The van der Waals surface area contributed by atoms with E-state index < -0.39 is 11.5 Å². The molecule has 1 aliphatic carbocycles. The molecule has 11 heavy (non-hydrogen) atoms. The minimum atomic E-state index is -1.08. The van der Waals surface area contributed by atoms with Gasteiger partial charge in [-0.05, 0) is 6.42 Å². The Kier molecular flexibility index (Phi) is 1.83. The molecule has 0 fully saturated rings. The molecule has 0 aromatic carbocycles. The van der Waals surface area contributed by atoms with E-state index in [-0.39, 0.29) is 0 Å². The Morgan fingerprint density at radius 3 is 2.82 bits per heavy atom. The molecule has 0 aromatic heterocycles. The molecular formula is C8H11NO2. The van der Waals surface area contributed by atoms with Crippen LogP contribution in [0.2, 0.25) is 0 Å². The van der Waals surface area contributed by atoms with Gasteiger partial charge in [0.15, 0.2) is 0 Å². The van der Waals surface area contributed by atoms with Crippen LogP contribution in [-0.4, -0.2) is 16.6 Å². The summed E-state index contributed by atoms with van der Waals surface area (Å²) in [5.41, 5.74) is 5.41. The van der Waals surface area contributed by atoms with E-state index in [1.165, 1.54) is 0 Å². The molecule has 0 radical (unpaired) electrons. The average molecular weight is 153 g/mol. The summed E-state index contributed by atoms with van der Waals surface area (Å²) in [5.74, 6) is -0.939. The van der Waals surface area contributed by atoms with Gasteiger partial charge in [0.1, 0.15) is 5.54 Å². The van der Waals surface area contributed by atoms with Crippen molar-refractivity contribution in [2.45, 2.75) is 18.4 Å². The van der Waals surface area contributed by atoms with Crippen LogP contribution >= 0.6 is 0 Å². The first-order valence-corrected chi connectivity index (χ1v) is 3.42. The van der Waals surface area contributed by atoms with Crippen LogP contribution < -0.4 is 5.73 Å². The van der Waals surface area contributed by atoms with Gasteiger partial charge in [0.25, 0.3) is 0 Å². The van der Waals surface area contributed by atoms with Crippen molar-refractivity contribution in [1.82, 2.24) is 0 Å². The van der Waals surface area contributed by atoms with Crippen LogP contribution in [0.15, 0.2) is 24.3 Å². The minimum absolute atomic E-state index is 0.395. The average Bonchev–Trinajstić information content (AvgIpc) is 2.33. The van der Waals surface area contributed by atoms with Crippen molar-refractivity contribution in [3.63, 3.8) is 0 Å². The molecular weight excluding hydrogens is 142 g/mol. The Labute approximate surface area is 65.2 Å². The molecule has 1 aliphatic rings. The highest BCUT2D eigenvalue weighted by Crippen LogP contribution is 2.27. The minimum Gasteiger partial charge on any atom is -0.480 e. The summed E-state index contributed by atoms with van der Waals surface area (Å²) in [7, 11) is 0. The van der Waals surface area contributed by atoms with E-state index in [9.17, 15) is 4.79 Å². The Balaban J connectivity index is 2.72. The van der Waals surface area contributed by atoms with Gasteiger partial charge in [-0.3, -0.25) is 4.79 Å². The first-order chi connectivity index (χ1) is 5.08. The molecule has 1 unspecified atom stereocenters. The fourth-order valence-corrected chi connectivity index (χ4v) is 1.14. The van der Waals surface area contributed by atoms with Crippen molar-refractivity contribution >= 4 is 5.97 Å². The molecule has 0 heterocycles. The Morgan fingerprint density at radius 2 is 2.55 bits per heavy atom. The van der Waals surface area contributed by atoms with Crippen molar-refractivity contribution in [3.05, 3.63) is 24.3 Å². The summed E-state index contributed by atoms with van der Waals surface area (Å²) in [6.45, 7) is 3.55. The lowest BCUT2D eigenvalue weighted by Gasteiger charge is -2.17. The molecule has 0 aliphatic heterocycles. The van der Waals surface area contributed by atoms with Crippen molar-refractivity contribution in [3.8, 4) is 0 Å². The van der Waals surface area contributed by atoms with Gasteiger partial charge in [-0.25, -0.2) is 0 Å². The number of hydrogen-bond acceptors (Lipinski definition) is 2. The fourth-order valence-electron chi connectivity index (χ4n) is 1.14. The van der Waals surface area contributed by atoms with E-state index in [4.69, 9.17) is 10.8 Å². The fraction of sp³-hybridized carbons (Fsp3) is 0.375. The first kappa shape index (κ1) is 8.01. The van der Waals surface area contributed by atoms with E-state index in [2.05, 4.69) is 6.58 Å². The van der Waals surface area contributed by atoms with E-state index in [0.29, 0.717) is 12.8 Å². The van der Waals surface area contributed by atoms with E-state index in [1.807, 2.05) is 6.08 Å². The van der Waals surface area contributed by atoms with Gasteiger partial charge >= 0.3 is 5.97 Å². The number of carboxylic acids is 1. The third-order valence-corrected chi connectivity index (χ3v) is 1.94. The van der Waals surface area contributed by atoms with E-state index >= 15 is 0 Å². The Morgan fingerprint density at radius 1 is 1.91 bits per heavy atom. The van der Waals surface area contributed by atoms with Crippen LogP contribution in [0.4, 0.5) is 0 Å². The lowest BCUT2D eigenvalue weighted by Crippen LogP contribution is -2.45. The number of carboxylic acid groups (broad SMARTS) is 1. The largest absolute Gasteiger partial charge is 0.480 e. The molecule has 0 amide bonds. The second-order valence-corrected chi connectivity index (χ2v) is 2.83. The summed E-state index contributed by atoms with van der Waals surface area (Å²) >= 11 is 0. The molecule has 3 heteroatoms. The number of hydrogen-bond donors (Lipinski definition) is 2. The van der Waals surface area contributed by atoms with Crippen LogP contribution in [0.25, 0.3) is 0 Å². The molecule has 3 nitrogen and oxygen atoms in total. The molecule has 0 saturated carbocycles. The standard InChI is InChI=1S/C8H11NO2/c1-2-6-3-4-8(9,5-6)7(10)11/h2-3H,1,4-5,9H2,(H,10,11). The van der Waals surface area contributed by atoms with Gasteiger partial charge in [-0.1, -0.05) is 24.3 Å². The smallest absolute Gasteiger partial charge is 0.324 e. The number of allylic oxidation sites excluding steroid dienone is 1. The van der Waals surface area contributed by atoms with Gasteiger partial charge < -0.3 is 10.8 Å². The normalized spacial score (nSPS) is 29.7. The highest BCUT2D eigenvalue weighted by molar-refractivity contribution is 5.80. The predicted molar refractivity (Wildman–Crippen MR) is 42.1 cm³/mol. The van der Waals surface area contributed by atoms with Crippen LogP contribution in [0, 0.1) is 0 Å². The molecule has 0 bridgehead atoms. The highest BCUT2D eigenvalue weighted by atomic mass is 16.4. The predicted octanol–water partition coefficient (Wildman–Crippen LogP) is 0.675. The van der Waals surface area contributed by atoms with Gasteiger partial charge in [-0.2, -0.15) is 0 Å². The Hall–Kier alpha value is -1.09. The quantitative estimate of drug-likeness (QED) is 0.613.